The summed E-state index contributed by atoms with van der Waals surface area (Å²) in [6.45, 7) is 3.45. The van der Waals surface area contributed by atoms with Gasteiger partial charge in [0.05, 0.1) is 12.1 Å². The molecule has 1 spiro atoms. The number of morpholine rings is 1. The van der Waals surface area contributed by atoms with E-state index in [-0.39, 0.29) is 23.9 Å². The summed E-state index contributed by atoms with van der Waals surface area (Å²) < 4.78 is 19.7. The first-order valence-corrected chi connectivity index (χ1v) is 9.60. The molecule has 2 heterocycles. The zero-order valence-corrected chi connectivity index (χ0v) is 15.4. The second-order valence-electron chi connectivity index (χ2n) is 7.55. The van der Waals surface area contributed by atoms with Crippen LogP contribution in [-0.4, -0.2) is 42.6 Å². The van der Waals surface area contributed by atoms with E-state index in [1.807, 2.05) is 6.07 Å². The molecular weight excluding hydrogens is 343 g/mol. The van der Waals surface area contributed by atoms with Crippen molar-refractivity contribution in [2.24, 2.45) is 0 Å². The van der Waals surface area contributed by atoms with Gasteiger partial charge in [-0.2, -0.15) is 0 Å². The first-order valence-electron chi connectivity index (χ1n) is 9.60. The molecule has 0 aliphatic carbocycles. The molecular formula is C22H25FN2O2. The number of ether oxygens (including phenoxy) is 1. The normalized spacial score (nSPS) is 24.2. The number of amides is 1. The number of hydrogen-bond acceptors (Lipinski definition) is 3. The van der Waals surface area contributed by atoms with Gasteiger partial charge < -0.3 is 9.64 Å². The van der Waals surface area contributed by atoms with E-state index < -0.39 is 0 Å². The van der Waals surface area contributed by atoms with Crippen molar-refractivity contribution in [1.82, 2.24) is 4.90 Å². The van der Waals surface area contributed by atoms with Crippen LogP contribution in [0.15, 0.2) is 54.6 Å². The molecule has 4 nitrogen and oxygen atoms in total. The molecule has 142 valence electrons. The van der Waals surface area contributed by atoms with Crippen LogP contribution in [0.1, 0.15) is 24.8 Å². The number of anilines is 1. The summed E-state index contributed by atoms with van der Waals surface area (Å²) in [5.41, 5.74) is 1.59. The molecule has 0 N–H and O–H groups in total. The third-order valence-corrected chi connectivity index (χ3v) is 5.61. The summed E-state index contributed by atoms with van der Waals surface area (Å²) in [6.07, 6.45) is 2.81. The molecule has 27 heavy (non-hydrogen) atoms. The maximum absolute atomic E-state index is 13.6. The topological polar surface area (TPSA) is 32.8 Å². The van der Waals surface area contributed by atoms with E-state index in [9.17, 15) is 9.18 Å². The van der Waals surface area contributed by atoms with Gasteiger partial charge in [-0.1, -0.05) is 36.4 Å². The molecule has 2 aliphatic heterocycles. The van der Waals surface area contributed by atoms with E-state index in [0.717, 1.165) is 38.9 Å². The Labute approximate surface area is 159 Å². The van der Waals surface area contributed by atoms with Gasteiger partial charge in [-0.05, 0) is 49.6 Å². The van der Waals surface area contributed by atoms with E-state index >= 15 is 0 Å². The number of carbonyl (C=O) groups is 1. The lowest BCUT2D eigenvalue weighted by atomic mass is 9.92. The minimum atomic E-state index is -0.342. The smallest absolute Gasteiger partial charge is 0.253 e. The number of likely N-dealkylation sites (tertiary alicyclic amines) is 1. The molecule has 1 amide bonds. The van der Waals surface area contributed by atoms with Crippen molar-refractivity contribution in [2.45, 2.75) is 31.4 Å². The molecule has 1 atom stereocenters. The van der Waals surface area contributed by atoms with Crippen LogP contribution in [-0.2, 0) is 16.1 Å². The van der Waals surface area contributed by atoms with Crippen LogP contribution in [0.5, 0.6) is 0 Å². The van der Waals surface area contributed by atoms with E-state index in [2.05, 4.69) is 29.2 Å². The van der Waals surface area contributed by atoms with Crippen molar-refractivity contribution in [2.75, 3.05) is 31.1 Å². The predicted molar refractivity (Wildman–Crippen MR) is 103 cm³/mol. The first-order chi connectivity index (χ1) is 13.1. The molecule has 2 saturated heterocycles. The van der Waals surface area contributed by atoms with Gasteiger partial charge >= 0.3 is 0 Å². The molecule has 0 aromatic heterocycles. The van der Waals surface area contributed by atoms with Crippen molar-refractivity contribution >= 4 is 11.6 Å². The Morgan fingerprint density at radius 3 is 2.70 bits per heavy atom. The quantitative estimate of drug-likeness (QED) is 0.830. The highest BCUT2D eigenvalue weighted by Crippen LogP contribution is 2.33. The maximum Gasteiger partial charge on any atom is 0.253 e. The Morgan fingerprint density at radius 1 is 1.04 bits per heavy atom. The van der Waals surface area contributed by atoms with E-state index in [4.69, 9.17) is 4.74 Å². The second-order valence-corrected chi connectivity index (χ2v) is 7.55. The fourth-order valence-electron chi connectivity index (χ4n) is 4.12. The van der Waals surface area contributed by atoms with Gasteiger partial charge in [0, 0.05) is 18.8 Å². The first kappa shape index (κ1) is 18.1. The zero-order valence-electron chi connectivity index (χ0n) is 15.4. The molecule has 2 aromatic carbocycles. The second kappa shape index (κ2) is 7.79. The van der Waals surface area contributed by atoms with Crippen molar-refractivity contribution in [3.63, 3.8) is 0 Å². The van der Waals surface area contributed by atoms with E-state index in [0.29, 0.717) is 12.2 Å². The van der Waals surface area contributed by atoms with Crippen LogP contribution in [0.4, 0.5) is 10.1 Å². The molecule has 2 aliphatic rings. The standard InChI is InChI=1S/C22H25FN2O2/c23-19-8-4-9-20(14-19)25-17-22(27-16-21(25)26)10-5-12-24(13-11-22)15-18-6-2-1-3-7-18/h1-4,6-9,14H,5,10-13,15-17H2. The van der Waals surface area contributed by atoms with Gasteiger partial charge in [-0.15, -0.1) is 0 Å². The van der Waals surface area contributed by atoms with Gasteiger partial charge in [-0.25, -0.2) is 4.39 Å². The van der Waals surface area contributed by atoms with E-state index in [1.54, 1.807) is 17.0 Å². The number of hydrogen-bond donors (Lipinski definition) is 0. The lowest BCUT2D eigenvalue weighted by Crippen LogP contribution is -2.55. The number of halogens is 1. The van der Waals surface area contributed by atoms with Crippen LogP contribution in [0.2, 0.25) is 0 Å². The summed E-state index contributed by atoms with van der Waals surface area (Å²) in [5.74, 6) is -0.424. The summed E-state index contributed by atoms with van der Waals surface area (Å²) in [4.78, 5) is 16.5. The average Bonchev–Trinajstić information content (AvgIpc) is 2.87. The van der Waals surface area contributed by atoms with Gasteiger partial charge in [0.2, 0.25) is 0 Å². The molecule has 0 saturated carbocycles. The van der Waals surface area contributed by atoms with Crippen LogP contribution >= 0.6 is 0 Å². The molecule has 4 rings (SSSR count). The van der Waals surface area contributed by atoms with Crippen molar-refractivity contribution in [3.05, 3.63) is 66.0 Å². The van der Waals surface area contributed by atoms with Gasteiger partial charge in [0.25, 0.3) is 5.91 Å². The summed E-state index contributed by atoms with van der Waals surface area (Å²) >= 11 is 0. The van der Waals surface area contributed by atoms with Crippen LogP contribution < -0.4 is 4.90 Å². The molecule has 1 unspecified atom stereocenters. The highest BCUT2D eigenvalue weighted by Gasteiger charge is 2.41. The monoisotopic (exact) mass is 368 g/mol. The van der Waals surface area contributed by atoms with Crippen molar-refractivity contribution < 1.29 is 13.9 Å². The molecule has 0 bridgehead atoms. The third kappa shape index (κ3) is 4.20. The third-order valence-electron chi connectivity index (χ3n) is 5.61. The largest absolute Gasteiger partial charge is 0.363 e. The minimum absolute atomic E-state index is 0.0647. The highest BCUT2D eigenvalue weighted by atomic mass is 19.1. The van der Waals surface area contributed by atoms with Crippen LogP contribution in [0.3, 0.4) is 0 Å². The van der Waals surface area contributed by atoms with Gasteiger partial charge in [0.1, 0.15) is 12.4 Å². The fraction of sp³-hybridized carbons (Fsp3) is 0.409. The molecule has 0 radical (unpaired) electrons. The molecule has 2 aromatic rings. The minimum Gasteiger partial charge on any atom is -0.363 e. The SMILES string of the molecule is O=C1COC2(CCCN(Cc3ccccc3)CC2)CN1c1cccc(F)c1. The van der Waals surface area contributed by atoms with Crippen LogP contribution in [0.25, 0.3) is 0 Å². The van der Waals surface area contributed by atoms with E-state index in [1.165, 1.54) is 17.7 Å². The number of benzene rings is 2. The molecule has 5 heteroatoms. The predicted octanol–water partition coefficient (Wildman–Crippen LogP) is 3.61. The summed E-state index contributed by atoms with van der Waals surface area (Å²) in [6, 6.07) is 16.8. The number of rotatable bonds is 3. The lowest BCUT2D eigenvalue weighted by molar-refractivity contribution is -0.140. The lowest BCUT2D eigenvalue weighted by Gasteiger charge is -2.42. The Bertz CT molecular complexity index is 798. The summed E-state index contributed by atoms with van der Waals surface area (Å²) in [5, 5.41) is 0. The molecule has 2 fully saturated rings. The Morgan fingerprint density at radius 2 is 1.89 bits per heavy atom. The fourth-order valence-corrected chi connectivity index (χ4v) is 4.12. The Kier molecular flexibility index (Phi) is 5.23. The average molecular weight is 368 g/mol. The number of carbonyl (C=O) groups excluding carboxylic acids is 1. The van der Waals surface area contributed by atoms with Gasteiger partial charge in [-0.3, -0.25) is 9.69 Å². The Hall–Kier alpha value is -2.24. The van der Waals surface area contributed by atoms with Crippen molar-refractivity contribution in [1.29, 1.82) is 0 Å². The maximum atomic E-state index is 13.6. The zero-order chi connectivity index (χ0) is 18.7. The summed E-state index contributed by atoms with van der Waals surface area (Å²) in [7, 11) is 0. The highest BCUT2D eigenvalue weighted by molar-refractivity contribution is 5.95. The van der Waals surface area contributed by atoms with Gasteiger partial charge in [0.15, 0.2) is 0 Å². The Balaban J connectivity index is 1.46. The van der Waals surface area contributed by atoms with Crippen LogP contribution in [0, 0.1) is 5.82 Å². The number of nitrogens with zero attached hydrogens (tertiary/aromatic N) is 2. The van der Waals surface area contributed by atoms with Crippen molar-refractivity contribution in [3.8, 4) is 0 Å².